The molecular formula is C17H20ClN3O. The number of halogens is 1. The molecule has 0 spiro atoms. The van der Waals surface area contributed by atoms with Gasteiger partial charge in [-0.2, -0.15) is 0 Å². The van der Waals surface area contributed by atoms with E-state index < -0.39 is 0 Å². The smallest absolute Gasteiger partial charge is 0.258 e. The molecule has 0 bridgehead atoms. The zero-order chi connectivity index (χ0) is 15.3. The summed E-state index contributed by atoms with van der Waals surface area (Å²) in [5.41, 5.74) is 1.48. The van der Waals surface area contributed by atoms with Crippen molar-refractivity contribution in [2.24, 2.45) is 5.92 Å². The van der Waals surface area contributed by atoms with Gasteiger partial charge in [0.05, 0.1) is 10.7 Å². The second-order valence-corrected chi connectivity index (χ2v) is 7.08. The summed E-state index contributed by atoms with van der Waals surface area (Å²) >= 11 is 5.95. The molecule has 0 aromatic carbocycles. The Hall–Kier alpha value is -1.39. The zero-order valence-corrected chi connectivity index (χ0v) is 13.5. The molecule has 2 aliphatic carbocycles. The molecule has 5 heteroatoms. The number of fused-ring (bicyclic) bond motifs is 1. The Morgan fingerprint density at radius 1 is 1.36 bits per heavy atom. The van der Waals surface area contributed by atoms with Crippen LogP contribution in [0.3, 0.4) is 0 Å². The van der Waals surface area contributed by atoms with Crippen LogP contribution in [0.2, 0.25) is 5.02 Å². The average Bonchev–Trinajstić information content (AvgIpc) is 3.38. The van der Waals surface area contributed by atoms with E-state index in [2.05, 4.69) is 16.8 Å². The lowest BCUT2D eigenvalue weighted by molar-refractivity contribution is 0.168. The molecular weight excluding hydrogens is 298 g/mol. The van der Waals surface area contributed by atoms with Gasteiger partial charge in [0, 0.05) is 30.9 Å². The summed E-state index contributed by atoms with van der Waals surface area (Å²) in [5.74, 6) is 0.834. The molecule has 0 amide bonds. The second-order valence-electron chi connectivity index (χ2n) is 6.64. The third kappa shape index (κ3) is 2.77. The zero-order valence-electron chi connectivity index (χ0n) is 12.7. The Labute approximate surface area is 134 Å². The summed E-state index contributed by atoms with van der Waals surface area (Å²) in [6, 6.07) is 6.51. The highest BCUT2D eigenvalue weighted by molar-refractivity contribution is 6.30. The van der Waals surface area contributed by atoms with Gasteiger partial charge < -0.3 is 0 Å². The summed E-state index contributed by atoms with van der Waals surface area (Å²) in [6.07, 6.45) is 6.87. The molecule has 0 radical (unpaired) electrons. The van der Waals surface area contributed by atoms with E-state index in [1.165, 1.54) is 30.1 Å². The van der Waals surface area contributed by atoms with E-state index in [0.29, 0.717) is 22.8 Å². The summed E-state index contributed by atoms with van der Waals surface area (Å²) in [5, 5.41) is 0.547. The Balaban J connectivity index is 1.65. The summed E-state index contributed by atoms with van der Waals surface area (Å²) < 4.78 is 1.51. The van der Waals surface area contributed by atoms with Crippen LogP contribution < -0.4 is 5.56 Å². The van der Waals surface area contributed by atoms with Crippen LogP contribution in [0.1, 0.15) is 38.3 Å². The minimum atomic E-state index is -0.0580. The molecule has 1 atom stereocenters. The van der Waals surface area contributed by atoms with Crippen molar-refractivity contribution in [2.75, 3.05) is 0 Å². The molecule has 2 aromatic heterocycles. The lowest BCUT2D eigenvalue weighted by Gasteiger charge is -2.29. The molecule has 2 saturated carbocycles. The molecule has 4 nitrogen and oxygen atoms in total. The van der Waals surface area contributed by atoms with Gasteiger partial charge in [-0.3, -0.25) is 14.1 Å². The van der Waals surface area contributed by atoms with E-state index in [0.717, 1.165) is 18.2 Å². The fraction of sp³-hybridized carbons (Fsp3) is 0.529. The maximum absolute atomic E-state index is 12.3. The molecule has 0 unspecified atom stereocenters. The van der Waals surface area contributed by atoms with Crippen LogP contribution in [0.5, 0.6) is 0 Å². The summed E-state index contributed by atoms with van der Waals surface area (Å²) in [7, 11) is 0. The molecule has 22 heavy (non-hydrogen) atoms. The molecule has 0 aliphatic heterocycles. The number of aromatic nitrogens is 2. The van der Waals surface area contributed by atoms with Crippen LogP contribution in [0.25, 0.3) is 5.65 Å². The highest BCUT2D eigenvalue weighted by Gasteiger charge is 2.39. The van der Waals surface area contributed by atoms with E-state index in [1.807, 2.05) is 0 Å². The van der Waals surface area contributed by atoms with E-state index in [-0.39, 0.29) is 5.56 Å². The molecule has 116 valence electrons. The first-order valence-corrected chi connectivity index (χ1v) is 8.43. The molecule has 2 aliphatic rings. The summed E-state index contributed by atoms with van der Waals surface area (Å²) in [6.45, 7) is 3.10. The topological polar surface area (TPSA) is 37.6 Å². The maximum atomic E-state index is 12.3. The monoisotopic (exact) mass is 317 g/mol. The first-order chi connectivity index (χ1) is 10.6. The Morgan fingerprint density at radius 2 is 2.14 bits per heavy atom. The average molecular weight is 318 g/mol. The molecule has 2 fully saturated rings. The first-order valence-electron chi connectivity index (χ1n) is 8.05. The van der Waals surface area contributed by atoms with Crippen molar-refractivity contribution in [1.82, 2.24) is 14.3 Å². The number of nitrogens with zero attached hydrogens (tertiary/aromatic N) is 3. The number of pyridine rings is 1. The minimum absolute atomic E-state index is 0.0580. The predicted molar refractivity (Wildman–Crippen MR) is 87.2 cm³/mol. The van der Waals surface area contributed by atoms with Crippen molar-refractivity contribution in [2.45, 2.75) is 51.2 Å². The van der Waals surface area contributed by atoms with Crippen LogP contribution in [-0.2, 0) is 6.54 Å². The van der Waals surface area contributed by atoms with E-state index in [9.17, 15) is 4.79 Å². The lowest BCUT2D eigenvalue weighted by atomic mass is 10.1. The van der Waals surface area contributed by atoms with Gasteiger partial charge in [-0.25, -0.2) is 4.98 Å². The Morgan fingerprint density at radius 3 is 2.82 bits per heavy atom. The number of hydrogen-bond donors (Lipinski definition) is 0. The quantitative estimate of drug-likeness (QED) is 0.850. The third-order valence-electron chi connectivity index (χ3n) is 4.86. The maximum Gasteiger partial charge on any atom is 0.258 e. The molecule has 0 N–H and O–H groups in total. The van der Waals surface area contributed by atoms with Gasteiger partial charge in [-0.15, -0.1) is 0 Å². The highest BCUT2D eigenvalue weighted by Crippen LogP contribution is 2.40. The van der Waals surface area contributed by atoms with E-state index in [1.54, 1.807) is 24.4 Å². The van der Waals surface area contributed by atoms with Gasteiger partial charge in [-0.05, 0) is 50.7 Å². The Bertz CT molecular complexity index is 764. The van der Waals surface area contributed by atoms with Crippen molar-refractivity contribution in [1.29, 1.82) is 0 Å². The van der Waals surface area contributed by atoms with Gasteiger partial charge in [-0.1, -0.05) is 11.6 Å². The first kappa shape index (κ1) is 14.2. The van der Waals surface area contributed by atoms with Crippen molar-refractivity contribution < 1.29 is 0 Å². The van der Waals surface area contributed by atoms with E-state index in [4.69, 9.17) is 11.6 Å². The largest absolute Gasteiger partial charge is 0.292 e. The van der Waals surface area contributed by atoms with Crippen molar-refractivity contribution in [3.05, 3.63) is 45.5 Å². The van der Waals surface area contributed by atoms with Crippen molar-refractivity contribution >= 4 is 17.2 Å². The number of hydrogen-bond acceptors (Lipinski definition) is 3. The Kier molecular flexibility index (Phi) is 3.46. The van der Waals surface area contributed by atoms with Gasteiger partial charge >= 0.3 is 0 Å². The minimum Gasteiger partial charge on any atom is -0.292 e. The predicted octanol–water partition coefficient (Wildman–Crippen LogP) is 3.11. The standard InChI is InChI=1S/C17H20ClN3O/c1-11(12-2-3-12)20(15-5-6-15)10-14-8-17(22)21-9-13(18)4-7-16(21)19-14/h4,7-9,11-12,15H,2-3,5-6,10H2,1H3/t11-/m0/s1. The van der Waals surface area contributed by atoms with Crippen LogP contribution in [-0.4, -0.2) is 26.4 Å². The SMILES string of the molecule is C[C@@H](C1CC1)N(Cc1cc(=O)n2cc(Cl)ccc2n1)C1CC1. The lowest BCUT2D eigenvalue weighted by Crippen LogP contribution is -2.36. The van der Waals surface area contributed by atoms with Crippen LogP contribution in [0, 0.1) is 5.92 Å². The van der Waals surface area contributed by atoms with Crippen molar-refractivity contribution in [3.63, 3.8) is 0 Å². The molecule has 2 heterocycles. The van der Waals surface area contributed by atoms with E-state index >= 15 is 0 Å². The molecule has 0 saturated heterocycles. The second kappa shape index (κ2) is 5.36. The summed E-state index contributed by atoms with van der Waals surface area (Å²) in [4.78, 5) is 19.5. The highest BCUT2D eigenvalue weighted by atomic mass is 35.5. The normalized spacial score (nSPS) is 19.8. The molecule has 4 rings (SSSR count). The van der Waals surface area contributed by atoms with Crippen LogP contribution >= 0.6 is 11.6 Å². The van der Waals surface area contributed by atoms with Gasteiger partial charge in [0.2, 0.25) is 0 Å². The van der Waals surface area contributed by atoms with Gasteiger partial charge in [0.15, 0.2) is 0 Å². The number of rotatable bonds is 5. The van der Waals surface area contributed by atoms with Gasteiger partial charge in [0.1, 0.15) is 5.65 Å². The van der Waals surface area contributed by atoms with Crippen molar-refractivity contribution in [3.8, 4) is 0 Å². The fourth-order valence-electron chi connectivity index (χ4n) is 3.26. The van der Waals surface area contributed by atoms with Crippen LogP contribution in [0.15, 0.2) is 29.2 Å². The van der Waals surface area contributed by atoms with Gasteiger partial charge in [0.25, 0.3) is 5.56 Å². The fourth-order valence-corrected chi connectivity index (χ4v) is 3.42. The third-order valence-corrected chi connectivity index (χ3v) is 5.09. The molecule has 2 aromatic rings. The van der Waals surface area contributed by atoms with Crippen LogP contribution in [0.4, 0.5) is 0 Å².